The van der Waals surface area contributed by atoms with Crippen molar-refractivity contribution in [2.75, 3.05) is 0 Å². The number of allylic oxidation sites excluding steroid dienone is 3. The first-order valence-electron chi connectivity index (χ1n) is 11.3. The minimum Gasteiger partial charge on any atom is -0.462 e. The summed E-state index contributed by atoms with van der Waals surface area (Å²) in [5.74, 6) is 0.755. The number of fused-ring (bicyclic) bond motifs is 1. The summed E-state index contributed by atoms with van der Waals surface area (Å²) >= 11 is 0. The molecule has 0 spiro atoms. The Balaban J connectivity index is 1.74. The van der Waals surface area contributed by atoms with E-state index in [0.29, 0.717) is 24.2 Å². The first-order chi connectivity index (χ1) is 13.8. The Kier molecular flexibility index (Phi) is 7.20. The molecule has 2 aliphatic carbocycles. The lowest BCUT2D eigenvalue weighted by molar-refractivity contribution is -0.162. The number of ether oxygens (including phenoxy) is 2. The topological polar surface area (TPSA) is 72.8 Å². The van der Waals surface area contributed by atoms with E-state index in [-0.39, 0.29) is 42.4 Å². The Bertz CT molecular complexity index is 666. The quantitative estimate of drug-likeness (QED) is 0.672. The van der Waals surface area contributed by atoms with Crippen LogP contribution in [-0.2, 0) is 19.1 Å². The molecule has 1 fully saturated rings. The van der Waals surface area contributed by atoms with E-state index < -0.39 is 6.10 Å². The Hall–Kier alpha value is -1.62. The minimum atomic E-state index is -0.597. The maximum absolute atomic E-state index is 12.5. The molecule has 0 radical (unpaired) electrons. The molecule has 0 aromatic carbocycles. The molecule has 3 rings (SSSR count). The van der Waals surface area contributed by atoms with Crippen LogP contribution in [0.15, 0.2) is 23.8 Å². The lowest BCUT2D eigenvalue weighted by atomic mass is 9.65. The van der Waals surface area contributed by atoms with Gasteiger partial charge >= 0.3 is 11.9 Å². The van der Waals surface area contributed by atoms with Gasteiger partial charge in [0, 0.05) is 12.3 Å². The highest BCUT2D eigenvalue weighted by Gasteiger charge is 2.42. The number of esters is 2. The van der Waals surface area contributed by atoms with Crippen LogP contribution in [0.1, 0.15) is 66.2 Å². The van der Waals surface area contributed by atoms with Crippen LogP contribution in [0.4, 0.5) is 0 Å². The van der Waals surface area contributed by atoms with Gasteiger partial charge in [-0.1, -0.05) is 45.9 Å². The van der Waals surface area contributed by atoms with Gasteiger partial charge in [-0.15, -0.1) is 0 Å². The van der Waals surface area contributed by atoms with Gasteiger partial charge < -0.3 is 14.6 Å². The van der Waals surface area contributed by atoms with Crippen LogP contribution in [0.5, 0.6) is 0 Å². The largest absolute Gasteiger partial charge is 0.462 e. The average Bonchev–Trinajstić information content (AvgIpc) is 2.65. The standard InChI is InChI=1S/C24H36O5/c1-5-15(3)24(27)29-21-11-14(2)10-17-7-6-16(4)20(23(17)21)9-8-19-12-18(25)13-22(26)28-19/h6-7,10,14-16,18-21,23,25H,5,8-9,11-13H2,1-4H3/t14-,15-,16-,18?,19+,20?,21-,23?/m0/s1. The molecule has 0 amide bonds. The van der Waals surface area contributed by atoms with Crippen LogP contribution in [0.2, 0.25) is 0 Å². The molecule has 3 aliphatic rings. The fourth-order valence-electron chi connectivity index (χ4n) is 5.07. The number of carbonyl (C=O) groups excluding carboxylic acids is 2. The smallest absolute Gasteiger partial charge is 0.308 e. The molecule has 1 aliphatic heterocycles. The molecule has 0 aromatic rings. The molecular weight excluding hydrogens is 368 g/mol. The Morgan fingerprint density at radius 1 is 1.31 bits per heavy atom. The van der Waals surface area contributed by atoms with Crippen LogP contribution < -0.4 is 0 Å². The van der Waals surface area contributed by atoms with E-state index in [1.807, 2.05) is 13.8 Å². The van der Waals surface area contributed by atoms with E-state index in [9.17, 15) is 14.7 Å². The molecule has 0 bridgehead atoms. The minimum absolute atomic E-state index is 0.0854. The van der Waals surface area contributed by atoms with Crippen molar-refractivity contribution in [3.05, 3.63) is 23.8 Å². The third kappa shape index (κ3) is 5.30. The van der Waals surface area contributed by atoms with Gasteiger partial charge in [-0.25, -0.2) is 0 Å². The lowest BCUT2D eigenvalue weighted by Gasteiger charge is -2.43. The normalized spacial score (nSPS) is 37.9. The number of aliphatic hydroxyl groups excluding tert-OH is 1. The number of rotatable bonds is 6. The zero-order valence-corrected chi connectivity index (χ0v) is 18.2. The first kappa shape index (κ1) is 22.1. The van der Waals surface area contributed by atoms with Crippen LogP contribution >= 0.6 is 0 Å². The molecule has 8 atom stereocenters. The maximum Gasteiger partial charge on any atom is 0.308 e. The summed E-state index contributed by atoms with van der Waals surface area (Å²) in [7, 11) is 0. The molecule has 5 nitrogen and oxygen atoms in total. The van der Waals surface area contributed by atoms with Crippen LogP contribution in [-0.4, -0.2) is 35.4 Å². The van der Waals surface area contributed by atoms with E-state index in [2.05, 4.69) is 32.1 Å². The highest BCUT2D eigenvalue weighted by Crippen LogP contribution is 2.45. The second-order valence-corrected chi connectivity index (χ2v) is 9.36. The molecule has 29 heavy (non-hydrogen) atoms. The fraction of sp³-hybridized carbons (Fsp3) is 0.750. The van der Waals surface area contributed by atoms with Gasteiger partial charge in [-0.3, -0.25) is 9.59 Å². The van der Waals surface area contributed by atoms with E-state index in [1.54, 1.807) is 0 Å². The molecule has 1 N–H and O–H groups in total. The van der Waals surface area contributed by atoms with Crippen molar-refractivity contribution in [3.8, 4) is 0 Å². The van der Waals surface area contributed by atoms with Crippen LogP contribution in [0, 0.1) is 29.6 Å². The molecule has 162 valence electrons. The number of carbonyl (C=O) groups is 2. The number of hydrogen-bond acceptors (Lipinski definition) is 5. The summed E-state index contributed by atoms with van der Waals surface area (Å²) in [6.45, 7) is 8.33. The van der Waals surface area contributed by atoms with Crippen molar-refractivity contribution in [1.82, 2.24) is 0 Å². The predicted molar refractivity (Wildman–Crippen MR) is 111 cm³/mol. The summed E-state index contributed by atoms with van der Waals surface area (Å²) in [5, 5.41) is 9.89. The third-order valence-corrected chi connectivity index (χ3v) is 6.93. The number of aliphatic hydroxyl groups is 1. The maximum atomic E-state index is 12.5. The SMILES string of the molecule is CC[C@H](C)C(=O)O[C@H]1C[C@@H](C)C=C2C=C[C@H](C)C(CC[C@@H]3CC(O)CC(=O)O3)C21. The highest BCUT2D eigenvalue weighted by molar-refractivity contribution is 5.72. The van der Waals surface area contributed by atoms with Crippen LogP contribution in [0.3, 0.4) is 0 Å². The van der Waals surface area contributed by atoms with Crippen LogP contribution in [0.25, 0.3) is 0 Å². The van der Waals surface area contributed by atoms with Gasteiger partial charge in [0.05, 0.1) is 18.4 Å². The van der Waals surface area contributed by atoms with Crippen molar-refractivity contribution in [2.24, 2.45) is 29.6 Å². The van der Waals surface area contributed by atoms with E-state index >= 15 is 0 Å². The molecular formula is C24H36O5. The summed E-state index contributed by atoms with van der Waals surface area (Å²) < 4.78 is 11.5. The monoisotopic (exact) mass is 404 g/mol. The summed E-state index contributed by atoms with van der Waals surface area (Å²) in [6.07, 6.45) is 9.70. The van der Waals surface area contributed by atoms with Gasteiger partial charge in [0.1, 0.15) is 12.2 Å². The van der Waals surface area contributed by atoms with Gasteiger partial charge in [0.15, 0.2) is 0 Å². The van der Waals surface area contributed by atoms with Gasteiger partial charge in [0.2, 0.25) is 0 Å². The van der Waals surface area contributed by atoms with E-state index in [1.165, 1.54) is 5.57 Å². The summed E-state index contributed by atoms with van der Waals surface area (Å²) in [6, 6.07) is 0. The molecule has 0 aromatic heterocycles. The third-order valence-electron chi connectivity index (χ3n) is 6.93. The summed E-state index contributed by atoms with van der Waals surface area (Å²) in [5.41, 5.74) is 1.27. The molecule has 1 saturated heterocycles. The fourth-order valence-corrected chi connectivity index (χ4v) is 5.07. The Morgan fingerprint density at radius 3 is 2.76 bits per heavy atom. The zero-order chi connectivity index (χ0) is 21.1. The Labute approximate surface area is 174 Å². The van der Waals surface area contributed by atoms with Crippen molar-refractivity contribution in [1.29, 1.82) is 0 Å². The molecule has 1 heterocycles. The molecule has 5 heteroatoms. The first-order valence-corrected chi connectivity index (χ1v) is 11.3. The average molecular weight is 405 g/mol. The second-order valence-electron chi connectivity index (χ2n) is 9.36. The van der Waals surface area contributed by atoms with Crippen molar-refractivity contribution < 1.29 is 24.2 Å². The van der Waals surface area contributed by atoms with Gasteiger partial charge in [-0.2, -0.15) is 0 Å². The van der Waals surface area contributed by atoms with Gasteiger partial charge in [0.25, 0.3) is 0 Å². The number of cyclic esters (lactones) is 1. The zero-order valence-electron chi connectivity index (χ0n) is 18.2. The van der Waals surface area contributed by atoms with E-state index in [0.717, 1.165) is 25.7 Å². The van der Waals surface area contributed by atoms with E-state index in [4.69, 9.17) is 9.47 Å². The molecule has 3 unspecified atom stereocenters. The second kappa shape index (κ2) is 9.46. The van der Waals surface area contributed by atoms with Crippen molar-refractivity contribution >= 4 is 11.9 Å². The molecule has 0 saturated carbocycles. The van der Waals surface area contributed by atoms with Crippen molar-refractivity contribution in [3.63, 3.8) is 0 Å². The predicted octanol–water partition coefficient (Wildman–Crippen LogP) is 4.20. The number of hydrogen-bond donors (Lipinski definition) is 1. The summed E-state index contributed by atoms with van der Waals surface area (Å²) in [4.78, 5) is 24.2. The lowest BCUT2D eigenvalue weighted by Crippen LogP contribution is -2.42. The van der Waals surface area contributed by atoms with Gasteiger partial charge in [-0.05, 0) is 49.0 Å². The Morgan fingerprint density at radius 2 is 2.07 bits per heavy atom. The van der Waals surface area contributed by atoms with Crippen molar-refractivity contribution in [2.45, 2.75) is 84.5 Å². The highest BCUT2D eigenvalue weighted by atomic mass is 16.5.